The third-order valence-electron chi connectivity index (χ3n) is 8.10. The maximum Gasteiger partial charge on any atom is 0.0459 e. The van der Waals surface area contributed by atoms with Gasteiger partial charge in [-0.05, 0) is 75.7 Å². The molecule has 1 saturated carbocycles. The van der Waals surface area contributed by atoms with Crippen LogP contribution < -0.4 is 0 Å². The predicted molar refractivity (Wildman–Crippen MR) is 118 cm³/mol. The molecule has 1 spiro atoms. The molecule has 0 aliphatic heterocycles. The van der Waals surface area contributed by atoms with Gasteiger partial charge in [0, 0.05) is 27.6 Å². The predicted octanol–water partition coefficient (Wildman–Crippen LogP) is 6.02. The molecule has 2 aliphatic carbocycles. The highest BCUT2D eigenvalue weighted by molar-refractivity contribution is 5.85. The summed E-state index contributed by atoms with van der Waals surface area (Å²) in [5.41, 5.74) is 6.43. The molecule has 3 unspecified atom stereocenters. The lowest BCUT2D eigenvalue weighted by Gasteiger charge is -2.54. The van der Waals surface area contributed by atoms with Gasteiger partial charge in [0.15, 0.2) is 0 Å². The van der Waals surface area contributed by atoms with Crippen molar-refractivity contribution in [2.24, 2.45) is 5.92 Å². The topological polar surface area (TPSA) is 19.0 Å². The van der Waals surface area contributed by atoms with Gasteiger partial charge < -0.3 is 4.98 Å². The minimum absolute atomic E-state index is 0.148. The number of aromatic nitrogens is 1. The molecule has 1 heterocycles. The standard InChI is InChI=1S/C26H32N2/c1-19-18-26(28(2)3,20-10-5-4-6-11-20)17-16-25(19)15-9-13-22-21-12-7-8-14-23(21)27-24(22)25/h4-8,10-12,14,19,27H,9,13,15-18H2,1-3H3. The Morgan fingerprint density at radius 1 is 0.929 bits per heavy atom. The van der Waals surface area contributed by atoms with Crippen LogP contribution in [-0.2, 0) is 17.4 Å². The molecule has 2 nitrogen and oxygen atoms in total. The van der Waals surface area contributed by atoms with Crippen LogP contribution in [0.4, 0.5) is 0 Å². The number of rotatable bonds is 2. The van der Waals surface area contributed by atoms with Crippen LogP contribution in [0, 0.1) is 5.92 Å². The van der Waals surface area contributed by atoms with E-state index in [1.807, 2.05) is 0 Å². The lowest BCUT2D eigenvalue weighted by Crippen LogP contribution is -2.52. The molecular weight excluding hydrogens is 340 g/mol. The van der Waals surface area contributed by atoms with Crippen LogP contribution in [0.3, 0.4) is 0 Å². The number of hydrogen-bond donors (Lipinski definition) is 1. The van der Waals surface area contributed by atoms with E-state index in [9.17, 15) is 0 Å². The maximum absolute atomic E-state index is 3.89. The highest BCUT2D eigenvalue weighted by Crippen LogP contribution is 2.56. The number of aryl methyl sites for hydroxylation is 1. The van der Waals surface area contributed by atoms with E-state index >= 15 is 0 Å². The van der Waals surface area contributed by atoms with Crippen LogP contribution in [0.1, 0.15) is 55.8 Å². The summed E-state index contributed by atoms with van der Waals surface area (Å²) in [6.45, 7) is 2.51. The Morgan fingerprint density at radius 3 is 2.43 bits per heavy atom. The number of benzene rings is 2. The molecule has 146 valence electrons. The first-order valence-electron chi connectivity index (χ1n) is 10.9. The Bertz CT molecular complexity index is 986. The van der Waals surface area contributed by atoms with E-state index in [0.717, 1.165) is 0 Å². The number of para-hydroxylation sites is 1. The van der Waals surface area contributed by atoms with Crippen molar-refractivity contribution in [2.45, 2.75) is 56.4 Å². The summed E-state index contributed by atoms with van der Waals surface area (Å²) in [5, 5.41) is 1.45. The summed E-state index contributed by atoms with van der Waals surface area (Å²) in [7, 11) is 4.54. The number of hydrogen-bond acceptors (Lipinski definition) is 1. The van der Waals surface area contributed by atoms with Crippen molar-refractivity contribution >= 4 is 10.9 Å². The Labute approximate surface area is 169 Å². The highest BCUT2D eigenvalue weighted by Gasteiger charge is 2.52. The monoisotopic (exact) mass is 372 g/mol. The largest absolute Gasteiger partial charge is 0.358 e. The molecule has 28 heavy (non-hydrogen) atoms. The van der Waals surface area contributed by atoms with E-state index in [0.29, 0.717) is 11.3 Å². The quantitative estimate of drug-likeness (QED) is 0.583. The first-order valence-corrected chi connectivity index (χ1v) is 10.9. The van der Waals surface area contributed by atoms with Gasteiger partial charge in [-0.15, -0.1) is 0 Å². The summed E-state index contributed by atoms with van der Waals surface area (Å²) < 4.78 is 0. The molecule has 2 heteroatoms. The van der Waals surface area contributed by atoms with Crippen molar-refractivity contribution in [2.75, 3.05) is 14.1 Å². The van der Waals surface area contributed by atoms with E-state index in [2.05, 4.69) is 85.5 Å². The van der Waals surface area contributed by atoms with E-state index in [1.165, 1.54) is 55.0 Å². The van der Waals surface area contributed by atoms with Gasteiger partial charge in [0.1, 0.15) is 0 Å². The minimum Gasteiger partial charge on any atom is -0.358 e. The second-order valence-electron chi connectivity index (χ2n) is 9.43. The molecule has 3 aromatic rings. The number of aromatic amines is 1. The Kier molecular flexibility index (Phi) is 4.17. The average molecular weight is 373 g/mol. The number of H-pyrrole nitrogens is 1. The van der Waals surface area contributed by atoms with Crippen molar-refractivity contribution in [3.63, 3.8) is 0 Å². The first kappa shape index (κ1) is 18.0. The summed E-state index contributed by atoms with van der Waals surface area (Å²) in [6.07, 6.45) is 7.58. The van der Waals surface area contributed by atoms with E-state index < -0.39 is 0 Å². The van der Waals surface area contributed by atoms with Gasteiger partial charge in [-0.2, -0.15) is 0 Å². The summed E-state index contributed by atoms with van der Waals surface area (Å²) in [6, 6.07) is 20.1. The molecule has 0 bridgehead atoms. The molecular formula is C26H32N2. The summed E-state index contributed by atoms with van der Waals surface area (Å²) >= 11 is 0. The van der Waals surface area contributed by atoms with E-state index in [4.69, 9.17) is 0 Å². The van der Waals surface area contributed by atoms with Crippen LogP contribution in [-0.4, -0.2) is 24.0 Å². The SMILES string of the molecule is CC1CC(c2ccccc2)(N(C)C)CCC12CCCc1c2[nH]c2ccccc12. The average Bonchev–Trinajstić information content (AvgIpc) is 3.11. The maximum atomic E-state index is 3.89. The van der Waals surface area contributed by atoms with Crippen molar-refractivity contribution in [1.82, 2.24) is 9.88 Å². The highest BCUT2D eigenvalue weighted by atomic mass is 15.1. The van der Waals surface area contributed by atoms with Gasteiger partial charge in [-0.1, -0.05) is 55.5 Å². The second kappa shape index (κ2) is 6.49. The molecule has 5 rings (SSSR count). The normalized spacial score (nSPS) is 30.1. The zero-order chi connectivity index (χ0) is 19.4. The van der Waals surface area contributed by atoms with Crippen LogP contribution in [0.25, 0.3) is 10.9 Å². The molecule has 0 amide bonds. The molecule has 3 atom stereocenters. The van der Waals surface area contributed by atoms with Crippen LogP contribution in [0.5, 0.6) is 0 Å². The molecule has 2 aromatic carbocycles. The van der Waals surface area contributed by atoms with Gasteiger partial charge in [0.25, 0.3) is 0 Å². The van der Waals surface area contributed by atoms with Crippen LogP contribution in [0.2, 0.25) is 0 Å². The first-order chi connectivity index (χ1) is 13.6. The lowest BCUT2D eigenvalue weighted by molar-refractivity contribution is 0.0195. The second-order valence-corrected chi connectivity index (χ2v) is 9.43. The molecule has 0 radical (unpaired) electrons. The fourth-order valence-corrected chi connectivity index (χ4v) is 6.49. The molecule has 1 fully saturated rings. The third kappa shape index (κ3) is 2.43. The van der Waals surface area contributed by atoms with Crippen molar-refractivity contribution < 1.29 is 0 Å². The van der Waals surface area contributed by atoms with Crippen molar-refractivity contribution in [3.05, 3.63) is 71.4 Å². The number of nitrogens with one attached hydrogen (secondary N) is 1. The van der Waals surface area contributed by atoms with Gasteiger partial charge in [0.2, 0.25) is 0 Å². The van der Waals surface area contributed by atoms with E-state index in [-0.39, 0.29) is 5.54 Å². The molecule has 1 N–H and O–H groups in total. The Hall–Kier alpha value is -2.06. The molecule has 1 aromatic heterocycles. The smallest absolute Gasteiger partial charge is 0.0459 e. The fourth-order valence-electron chi connectivity index (χ4n) is 6.49. The number of nitrogens with zero attached hydrogens (tertiary/aromatic N) is 1. The van der Waals surface area contributed by atoms with Crippen LogP contribution in [0.15, 0.2) is 54.6 Å². The lowest BCUT2D eigenvalue weighted by atomic mass is 9.54. The zero-order valence-corrected chi connectivity index (χ0v) is 17.5. The Morgan fingerprint density at radius 2 is 1.68 bits per heavy atom. The third-order valence-corrected chi connectivity index (χ3v) is 8.10. The number of fused-ring (bicyclic) bond motifs is 4. The fraction of sp³-hybridized carbons (Fsp3) is 0.462. The summed E-state index contributed by atoms with van der Waals surface area (Å²) in [4.78, 5) is 6.38. The zero-order valence-electron chi connectivity index (χ0n) is 17.5. The summed E-state index contributed by atoms with van der Waals surface area (Å²) in [5.74, 6) is 0.649. The van der Waals surface area contributed by atoms with Crippen molar-refractivity contribution in [1.29, 1.82) is 0 Å². The van der Waals surface area contributed by atoms with Gasteiger partial charge >= 0.3 is 0 Å². The minimum atomic E-state index is 0.148. The van der Waals surface area contributed by atoms with Crippen molar-refractivity contribution in [3.8, 4) is 0 Å². The Balaban J connectivity index is 1.58. The van der Waals surface area contributed by atoms with E-state index in [1.54, 1.807) is 11.3 Å². The van der Waals surface area contributed by atoms with Crippen LogP contribution >= 0.6 is 0 Å². The van der Waals surface area contributed by atoms with Gasteiger partial charge in [0.05, 0.1) is 0 Å². The van der Waals surface area contributed by atoms with Gasteiger partial charge in [-0.25, -0.2) is 0 Å². The molecule has 0 saturated heterocycles. The molecule has 2 aliphatic rings. The van der Waals surface area contributed by atoms with Gasteiger partial charge in [-0.3, -0.25) is 4.90 Å².